The molecule has 3 aliphatic heterocycles. The zero-order chi connectivity index (χ0) is 30.4. The first-order valence-electron chi connectivity index (χ1n) is 15.8. The highest BCUT2D eigenvalue weighted by Gasteiger charge is 2.41. The Balaban J connectivity index is 1.28. The molecule has 2 aromatic heterocycles. The van der Waals surface area contributed by atoms with Crippen molar-refractivity contribution in [2.75, 3.05) is 47.8 Å². The summed E-state index contributed by atoms with van der Waals surface area (Å²) in [5.41, 5.74) is 0.508. The first-order chi connectivity index (χ1) is 20.5. The van der Waals surface area contributed by atoms with E-state index in [1.54, 1.807) is 29.2 Å². The van der Waals surface area contributed by atoms with Gasteiger partial charge in [-0.15, -0.1) is 0 Å². The van der Waals surface area contributed by atoms with E-state index >= 15 is 0 Å². The van der Waals surface area contributed by atoms with Crippen LogP contribution in [-0.4, -0.2) is 69.3 Å². The lowest BCUT2D eigenvalue weighted by Gasteiger charge is -2.36. The van der Waals surface area contributed by atoms with Crippen LogP contribution in [-0.2, 0) is 11.0 Å². The second-order valence-corrected chi connectivity index (χ2v) is 15.3. The molecular formula is C32H45N7O3S. The highest BCUT2D eigenvalue weighted by atomic mass is 32.2. The van der Waals surface area contributed by atoms with Crippen molar-refractivity contribution in [3.63, 3.8) is 0 Å². The molecule has 2 unspecified atom stereocenters. The molecule has 4 bridgehead atoms. The average molecular weight is 608 g/mol. The number of fused-ring (bicyclic) bond motifs is 6. The largest absolute Gasteiger partial charge is 0.370 e. The topological polar surface area (TPSA) is 111 Å². The predicted molar refractivity (Wildman–Crippen MR) is 170 cm³/mol. The van der Waals surface area contributed by atoms with Gasteiger partial charge < -0.3 is 15.1 Å². The summed E-state index contributed by atoms with van der Waals surface area (Å²) < 4.78 is 15.8. The number of carbonyl (C=O) groups excluding carboxylic acids is 2. The van der Waals surface area contributed by atoms with Gasteiger partial charge in [0.25, 0.3) is 5.91 Å². The van der Waals surface area contributed by atoms with Crippen LogP contribution in [0.3, 0.4) is 0 Å². The molecule has 2 saturated heterocycles. The number of hydrogen-bond acceptors (Lipinski definition) is 7. The molecule has 2 atom stereocenters. The maximum Gasteiger partial charge on any atom is 0.325 e. The minimum Gasteiger partial charge on any atom is -0.370 e. The number of amides is 3. The van der Waals surface area contributed by atoms with Crippen LogP contribution in [0.5, 0.6) is 0 Å². The Labute approximate surface area is 257 Å². The predicted octanol–water partition coefficient (Wildman–Crippen LogP) is 5.20. The van der Waals surface area contributed by atoms with Gasteiger partial charge in [-0.2, -0.15) is 0 Å². The lowest BCUT2D eigenvalue weighted by molar-refractivity contribution is 0.0983. The van der Waals surface area contributed by atoms with Crippen LogP contribution >= 0.6 is 0 Å². The van der Waals surface area contributed by atoms with Gasteiger partial charge in [-0.1, -0.05) is 19.9 Å². The molecule has 0 aromatic carbocycles. The van der Waals surface area contributed by atoms with Crippen molar-refractivity contribution >= 4 is 40.4 Å². The van der Waals surface area contributed by atoms with Crippen LogP contribution in [0.1, 0.15) is 83.0 Å². The summed E-state index contributed by atoms with van der Waals surface area (Å²) in [5.74, 6) is 2.23. The number of rotatable bonds is 3. The van der Waals surface area contributed by atoms with Gasteiger partial charge in [0.1, 0.15) is 17.5 Å². The smallest absolute Gasteiger partial charge is 0.325 e. The molecule has 4 aliphatic rings. The first kappa shape index (κ1) is 29.8. The molecule has 5 heterocycles. The molecular weight excluding hydrogens is 562 g/mol. The standard InChI is InChI=1S/C32H45N7O3S/c1-31(2)14-12-22(13-15-31)20-37-17-18-38(30(37)41)26-11-10-24-28(35-26)39-21-23(19-32(39,3)4)7-6-16-33-25-8-5-9-27(34-25)43(42)36-29(24)40/h5,8-11,22-23H,6-7,12-21H2,1-4H3,(H,33,34)(H,36,40). The van der Waals surface area contributed by atoms with Gasteiger partial charge in [0.15, 0.2) is 16.0 Å². The second kappa shape index (κ2) is 11.7. The molecule has 232 valence electrons. The van der Waals surface area contributed by atoms with Gasteiger partial charge in [0.2, 0.25) is 0 Å². The fourth-order valence-electron chi connectivity index (χ4n) is 7.26. The van der Waals surface area contributed by atoms with Gasteiger partial charge in [-0.05, 0) is 100 Å². The van der Waals surface area contributed by atoms with E-state index in [9.17, 15) is 13.8 Å². The highest BCUT2D eigenvalue weighted by Crippen LogP contribution is 2.41. The summed E-state index contributed by atoms with van der Waals surface area (Å²) in [6.45, 7) is 12.6. The van der Waals surface area contributed by atoms with E-state index in [4.69, 9.17) is 4.98 Å². The average Bonchev–Trinajstić information content (AvgIpc) is 3.49. The normalized spacial score (nSPS) is 25.9. The Morgan fingerprint density at radius 3 is 2.58 bits per heavy atom. The van der Waals surface area contributed by atoms with Gasteiger partial charge in [0, 0.05) is 38.3 Å². The van der Waals surface area contributed by atoms with Gasteiger partial charge in [-0.3, -0.25) is 14.4 Å². The maximum atomic E-state index is 13.6. The Hall–Kier alpha value is -3.21. The minimum atomic E-state index is -1.84. The second-order valence-electron chi connectivity index (χ2n) is 14.2. The molecule has 10 nitrogen and oxygen atoms in total. The molecule has 43 heavy (non-hydrogen) atoms. The number of nitrogens with zero attached hydrogens (tertiary/aromatic N) is 5. The third-order valence-electron chi connectivity index (χ3n) is 9.82. The number of anilines is 3. The van der Waals surface area contributed by atoms with Gasteiger partial charge >= 0.3 is 6.03 Å². The number of hydrogen-bond donors (Lipinski definition) is 2. The van der Waals surface area contributed by atoms with E-state index in [1.165, 1.54) is 12.8 Å². The monoisotopic (exact) mass is 607 g/mol. The van der Waals surface area contributed by atoms with Crippen molar-refractivity contribution < 1.29 is 13.8 Å². The molecule has 1 aliphatic carbocycles. The summed E-state index contributed by atoms with van der Waals surface area (Å²) in [4.78, 5) is 42.7. The quantitative estimate of drug-likeness (QED) is 0.494. The van der Waals surface area contributed by atoms with Crippen LogP contribution in [0.2, 0.25) is 0 Å². The SMILES string of the molecule is CC1(C)CCC(CN2CCN(c3ccc4c(n3)N3CC(CCCNc5cccc(n5)S(=O)NC4=O)CC3(C)C)C2=O)CC1. The summed E-state index contributed by atoms with van der Waals surface area (Å²) in [7, 11) is -1.84. The Bertz CT molecular complexity index is 1400. The number of carbonyl (C=O) groups is 2. The molecule has 2 N–H and O–H groups in total. The number of urea groups is 1. The van der Waals surface area contributed by atoms with Gasteiger partial charge in [-0.25, -0.2) is 19.0 Å². The lowest BCUT2D eigenvalue weighted by atomic mass is 9.73. The summed E-state index contributed by atoms with van der Waals surface area (Å²) in [5, 5.41) is 3.61. The van der Waals surface area contributed by atoms with E-state index in [2.05, 4.69) is 47.6 Å². The molecule has 11 heteroatoms. The van der Waals surface area contributed by atoms with Crippen LogP contribution in [0.15, 0.2) is 35.4 Å². The van der Waals surface area contributed by atoms with Crippen molar-refractivity contribution in [3.8, 4) is 0 Å². The summed E-state index contributed by atoms with van der Waals surface area (Å²) in [6, 6.07) is 8.75. The van der Waals surface area contributed by atoms with Crippen molar-refractivity contribution in [1.29, 1.82) is 0 Å². The van der Waals surface area contributed by atoms with E-state index in [0.29, 0.717) is 53.4 Å². The van der Waals surface area contributed by atoms with E-state index in [1.807, 2.05) is 11.0 Å². The van der Waals surface area contributed by atoms with Crippen molar-refractivity contribution in [2.24, 2.45) is 17.3 Å². The molecule has 3 amide bonds. The lowest BCUT2D eigenvalue weighted by Crippen LogP contribution is -2.41. The molecule has 6 rings (SSSR count). The summed E-state index contributed by atoms with van der Waals surface area (Å²) in [6.07, 6.45) is 7.68. The van der Waals surface area contributed by atoms with Crippen LogP contribution in [0.4, 0.5) is 22.2 Å². The summed E-state index contributed by atoms with van der Waals surface area (Å²) >= 11 is 0. The van der Waals surface area contributed by atoms with E-state index < -0.39 is 16.9 Å². The van der Waals surface area contributed by atoms with Crippen molar-refractivity contribution in [1.82, 2.24) is 19.6 Å². The molecule has 0 spiro atoms. The third-order valence-corrected chi connectivity index (χ3v) is 10.8. The van der Waals surface area contributed by atoms with Crippen LogP contribution in [0, 0.1) is 17.3 Å². The van der Waals surface area contributed by atoms with Crippen LogP contribution in [0.25, 0.3) is 0 Å². The molecule has 1 saturated carbocycles. The Morgan fingerprint density at radius 2 is 1.79 bits per heavy atom. The first-order valence-corrected chi connectivity index (χ1v) is 16.9. The van der Waals surface area contributed by atoms with E-state index in [-0.39, 0.29) is 16.6 Å². The molecule has 3 fully saturated rings. The molecule has 0 radical (unpaired) electrons. The van der Waals surface area contributed by atoms with Crippen molar-refractivity contribution in [3.05, 3.63) is 35.9 Å². The van der Waals surface area contributed by atoms with E-state index in [0.717, 1.165) is 51.7 Å². The molecule has 2 aromatic rings. The number of aromatic nitrogens is 2. The maximum absolute atomic E-state index is 13.6. The highest BCUT2D eigenvalue weighted by molar-refractivity contribution is 7.83. The third kappa shape index (κ3) is 6.37. The zero-order valence-corrected chi connectivity index (χ0v) is 26.7. The Kier molecular flexibility index (Phi) is 8.12. The minimum absolute atomic E-state index is 0.0167. The van der Waals surface area contributed by atoms with Crippen LogP contribution < -0.4 is 19.8 Å². The number of nitrogens with one attached hydrogen (secondary N) is 2. The van der Waals surface area contributed by atoms with Gasteiger partial charge in [0.05, 0.1) is 5.56 Å². The Morgan fingerprint density at radius 1 is 1.00 bits per heavy atom. The fourth-order valence-corrected chi connectivity index (χ4v) is 8.02. The fraction of sp³-hybridized carbons (Fsp3) is 0.625. The van der Waals surface area contributed by atoms with Crippen molar-refractivity contribution in [2.45, 2.75) is 83.2 Å². The number of pyridine rings is 2. The zero-order valence-electron chi connectivity index (χ0n) is 25.9.